The number of fused-ring (bicyclic) bond motifs is 1. The van der Waals surface area contributed by atoms with Crippen molar-refractivity contribution in [1.82, 2.24) is 9.97 Å². The van der Waals surface area contributed by atoms with Crippen molar-refractivity contribution in [3.63, 3.8) is 0 Å². The van der Waals surface area contributed by atoms with Gasteiger partial charge in [-0.2, -0.15) is 5.26 Å². The highest BCUT2D eigenvalue weighted by Crippen LogP contribution is 2.56. The maximum absolute atomic E-state index is 12.5. The number of benzene rings is 1. The van der Waals surface area contributed by atoms with E-state index in [0.717, 1.165) is 28.9 Å². The van der Waals surface area contributed by atoms with Crippen molar-refractivity contribution in [2.24, 2.45) is 11.8 Å². The summed E-state index contributed by atoms with van der Waals surface area (Å²) in [5.41, 5.74) is 2.70. The van der Waals surface area contributed by atoms with Crippen LogP contribution in [0.5, 0.6) is 0 Å². The topological polar surface area (TPSA) is 69.5 Å². The molecule has 0 bridgehead atoms. The quantitative estimate of drug-likeness (QED) is 0.924. The number of rotatable bonds is 2. The van der Waals surface area contributed by atoms with E-state index in [1.807, 2.05) is 19.1 Å². The van der Waals surface area contributed by atoms with Crippen molar-refractivity contribution < 1.29 is 0 Å². The molecular formula is C18H17N3O. The minimum atomic E-state index is -0.0761. The molecule has 4 heteroatoms. The second-order valence-electron chi connectivity index (χ2n) is 6.52. The molecule has 2 saturated carbocycles. The molecule has 2 atom stereocenters. The number of nitrogens with one attached hydrogen (secondary N) is 1. The molecular weight excluding hydrogens is 274 g/mol. The van der Waals surface area contributed by atoms with Gasteiger partial charge in [0.1, 0.15) is 5.82 Å². The molecule has 2 aliphatic rings. The predicted octanol–water partition coefficient (Wildman–Crippen LogP) is 3.13. The van der Waals surface area contributed by atoms with E-state index >= 15 is 0 Å². The predicted molar refractivity (Wildman–Crippen MR) is 83.3 cm³/mol. The summed E-state index contributed by atoms with van der Waals surface area (Å²) in [7, 11) is 0. The van der Waals surface area contributed by atoms with E-state index in [1.54, 1.807) is 12.1 Å². The van der Waals surface area contributed by atoms with Crippen LogP contribution in [-0.4, -0.2) is 9.97 Å². The van der Waals surface area contributed by atoms with Crippen LogP contribution in [0, 0.1) is 30.1 Å². The first-order valence-electron chi connectivity index (χ1n) is 7.77. The van der Waals surface area contributed by atoms with Crippen LogP contribution < -0.4 is 5.56 Å². The van der Waals surface area contributed by atoms with E-state index in [4.69, 9.17) is 5.26 Å². The van der Waals surface area contributed by atoms with Gasteiger partial charge in [0.05, 0.1) is 22.9 Å². The fraction of sp³-hybridized carbons (Fsp3) is 0.389. The monoisotopic (exact) mass is 291 g/mol. The lowest BCUT2D eigenvalue weighted by atomic mass is 10.0. The number of aromatic amines is 1. The van der Waals surface area contributed by atoms with Gasteiger partial charge in [-0.1, -0.05) is 12.1 Å². The third-order valence-electron chi connectivity index (χ3n) is 5.05. The SMILES string of the molecule is Cc1nc(C2CC3CC3C2)[nH]c(=O)c1-c1ccc(C#N)cc1. The number of nitrogens with zero attached hydrogens (tertiary/aromatic N) is 2. The van der Waals surface area contributed by atoms with Crippen molar-refractivity contribution in [2.75, 3.05) is 0 Å². The van der Waals surface area contributed by atoms with Gasteiger partial charge in [0, 0.05) is 5.92 Å². The molecule has 0 amide bonds. The fourth-order valence-electron chi connectivity index (χ4n) is 3.79. The molecule has 1 aromatic carbocycles. The first kappa shape index (κ1) is 13.3. The second kappa shape index (κ2) is 4.81. The van der Waals surface area contributed by atoms with Crippen LogP contribution in [0.4, 0.5) is 0 Å². The number of H-pyrrole nitrogens is 1. The van der Waals surface area contributed by atoms with Gasteiger partial charge in [-0.3, -0.25) is 4.79 Å². The van der Waals surface area contributed by atoms with Gasteiger partial charge < -0.3 is 4.98 Å². The van der Waals surface area contributed by atoms with E-state index in [9.17, 15) is 4.79 Å². The van der Waals surface area contributed by atoms with E-state index in [0.29, 0.717) is 17.0 Å². The molecule has 0 radical (unpaired) electrons. The van der Waals surface area contributed by atoms with E-state index in [2.05, 4.69) is 16.0 Å². The minimum Gasteiger partial charge on any atom is -0.310 e. The number of hydrogen-bond acceptors (Lipinski definition) is 3. The van der Waals surface area contributed by atoms with Gasteiger partial charge in [-0.25, -0.2) is 4.98 Å². The molecule has 0 spiro atoms. The van der Waals surface area contributed by atoms with Crippen LogP contribution in [0.1, 0.15) is 42.3 Å². The summed E-state index contributed by atoms with van der Waals surface area (Å²) in [6.45, 7) is 1.89. The summed E-state index contributed by atoms with van der Waals surface area (Å²) in [5.74, 6) is 3.01. The molecule has 1 N–H and O–H groups in total. The minimum absolute atomic E-state index is 0.0761. The van der Waals surface area contributed by atoms with Crippen molar-refractivity contribution in [2.45, 2.75) is 32.1 Å². The molecule has 22 heavy (non-hydrogen) atoms. The van der Waals surface area contributed by atoms with E-state index < -0.39 is 0 Å². The zero-order valence-corrected chi connectivity index (χ0v) is 12.5. The first-order valence-corrected chi connectivity index (χ1v) is 7.77. The Labute approximate surface area is 128 Å². The molecule has 4 nitrogen and oxygen atoms in total. The number of nitriles is 1. The smallest absolute Gasteiger partial charge is 0.259 e. The van der Waals surface area contributed by atoms with Gasteiger partial charge >= 0.3 is 0 Å². The maximum atomic E-state index is 12.5. The molecule has 1 heterocycles. The highest BCUT2D eigenvalue weighted by molar-refractivity contribution is 5.65. The van der Waals surface area contributed by atoms with Crippen molar-refractivity contribution in [1.29, 1.82) is 5.26 Å². The Bertz CT molecular complexity index is 819. The third-order valence-corrected chi connectivity index (χ3v) is 5.05. The molecule has 2 fully saturated rings. The Morgan fingerprint density at radius 2 is 1.86 bits per heavy atom. The Kier molecular flexibility index (Phi) is 2.90. The normalized spacial score (nSPS) is 25.5. The van der Waals surface area contributed by atoms with Gasteiger partial charge in [-0.05, 0) is 55.7 Å². The van der Waals surface area contributed by atoms with E-state index in [1.165, 1.54) is 19.3 Å². The standard InChI is InChI=1S/C18H17N3O/c1-10-16(12-4-2-11(9-19)3-5-12)18(22)21-17(20-10)15-7-13-6-14(13)8-15/h2-5,13-15H,6-8H2,1H3,(H,20,21,22). The highest BCUT2D eigenvalue weighted by atomic mass is 16.1. The van der Waals surface area contributed by atoms with Crippen LogP contribution in [0.25, 0.3) is 11.1 Å². The third kappa shape index (κ3) is 2.14. The fourth-order valence-corrected chi connectivity index (χ4v) is 3.79. The van der Waals surface area contributed by atoms with Gasteiger partial charge in [0.25, 0.3) is 5.56 Å². The average molecular weight is 291 g/mol. The number of aromatic nitrogens is 2. The summed E-state index contributed by atoms with van der Waals surface area (Å²) in [5, 5.41) is 8.86. The average Bonchev–Trinajstić information content (AvgIpc) is 3.13. The first-order chi connectivity index (χ1) is 10.7. The van der Waals surface area contributed by atoms with Crippen LogP contribution in [-0.2, 0) is 0 Å². The molecule has 2 aliphatic carbocycles. The number of aryl methyl sites for hydroxylation is 1. The summed E-state index contributed by atoms with van der Waals surface area (Å²) >= 11 is 0. The largest absolute Gasteiger partial charge is 0.310 e. The lowest BCUT2D eigenvalue weighted by Crippen LogP contribution is -2.18. The van der Waals surface area contributed by atoms with Crippen LogP contribution in [0.15, 0.2) is 29.1 Å². The van der Waals surface area contributed by atoms with Crippen LogP contribution in [0.2, 0.25) is 0 Å². The molecule has 1 aromatic heterocycles. The molecule has 4 rings (SSSR count). The molecule has 2 unspecified atom stereocenters. The summed E-state index contributed by atoms with van der Waals surface area (Å²) in [6, 6.07) is 9.16. The highest BCUT2D eigenvalue weighted by Gasteiger charge is 2.46. The summed E-state index contributed by atoms with van der Waals surface area (Å²) < 4.78 is 0. The zero-order chi connectivity index (χ0) is 15.3. The van der Waals surface area contributed by atoms with Crippen LogP contribution in [0.3, 0.4) is 0 Å². The Balaban J connectivity index is 1.71. The van der Waals surface area contributed by atoms with E-state index in [-0.39, 0.29) is 5.56 Å². The Hall–Kier alpha value is -2.41. The van der Waals surface area contributed by atoms with Gasteiger partial charge in [0.15, 0.2) is 0 Å². The second-order valence-corrected chi connectivity index (χ2v) is 6.52. The number of hydrogen-bond donors (Lipinski definition) is 1. The molecule has 0 aliphatic heterocycles. The molecule has 0 saturated heterocycles. The lowest BCUT2D eigenvalue weighted by Gasteiger charge is -2.13. The molecule has 2 aromatic rings. The van der Waals surface area contributed by atoms with Gasteiger partial charge in [-0.15, -0.1) is 0 Å². The van der Waals surface area contributed by atoms with Gasteiger partial charge in [0.2, 0.25) is 0 Å². The van der Waals surface area contributed by atoms with Crippen molar-refractivity contribution in [3.05, 3.63) is 51.7 Å². The lowest BCUT2D eigenvalue weighted by molar-refractivity contribution is 0.585. The molecule has 110 valence electrons. The Morgan fingerprint density at radius 3 is 2.45 bits per heavy atom. The maximum Gasteiger partial charge on any atom is 0.259 e. The zero-order valence-electron chi connectivity index (χ0n) is 12.5. The summed E-state index contributed by atoms with van der Waals surface area (Å²) in [6.07, 6.45) is 3.70. The van der Waals surface area contributed by atoms with Crippen molar-refractivity contribution in [3.8, 4) is 17.2 Å². The van der Waals surface area contributed by atoms with Crippen molar-refractivity contribution >= 4 is 0 Å². The summed E-state index contributed by atoms with van der Waals surface area (Å²) in [4.78, 5) is 20.2. The van der Waals surface area contributed by atoms with Crippen LogP contribution >= 0.6 is 0 Å². The Morgan fingerprint density at radius 1 is 1.18 bits per heavy atom.